The van der Waals surface area contributed by atoms with Crippen LogP contribution in [0, 0.1) is 6.92 Å². The molecule has 1 aliphatic rings. The largest absolute Gasteiger partial charge is 0.492 e. The van der Waals surface area contributed by atoms with Crippen molar-refractivity contribution in [1.29, 1.82) is 0 Å². The summed E-state index contributed by atoms with van der Waals surface area (Å²) in [7, 11) is 0. The van der Waals surface area contributed by atoms with Gasteiger partial charge in [-0.2, -0.15) is 0 Å². The van der Waals surface area contributed by atoms with Crippen LogP contribution in [0.15, 0.2) is 85.1 Å². The number of benzene rings is 3. The van der Waals surface area contributed by atoms with Crippen LogP contribution in [0.25, 0.3) is 5.70 Å². The Balaban J connectivity index is 1.19. The van der Waals surface area contributed by atoms with Crippen molar-refractivity contribution in [2.45, 2.75) is 19.9 Å². The van der Waals surface area contributed by atoms with Gasteiger partial charge in [-0.15, -0.1) is 0 Å². The zero-order chi connectivity index (χ0) is 30.2. The van der Waals surface area contributed by atoms with Crippen LogP contribution in [0.1, 0.15) is 22.3 Å². The highest BCUT2D eigenvalue weighted by atomic mass is 35.5. The number of halogens is 3. The summed E-state index contributed by atoms with van der Waals surface area (Å²) in [5.41, 5.74) is 4.92. The molecule has 1 aromatic heterocycles. The van der Waals surface area contributed by atoms with Crippen LogP contribution in [0.3, 0.4) is 0 Å². The summed E-state index contributed by atoms with van der Waals surface area (Å²) < 4.78 is 11.9. The Kier molecular flexibility index (Phi) is 10.6. The second-order valence-corrected chi connectivity index (χ2v) is 11.6. The zero-order valence-corrected chi connectivity index (χ0v) is 26.1. The molecule has 5 rings (SSSR count). The average molecular weight is 637 g/mol. The number of aryl methyl sites for hydroxylation is 1. The number of pyridine rings is 1. The molecule has 3 aromatic carbocycles. The molecule has 0 bridgehead atoms. The molecule has 4 aromatic rings. The van der Waals surface area contributed by atoms with Gasteiger partial charge in [-0.1, -0.05) is 59.1 Å². The van der Waals surface area contributed by atoms with Crippen LogP contribution in [-0.4, -0.2) is 53.9 Å². The van der Waals surface area contributed by atoms with Crippen molar-refractivity contribution < 1.29 is 14.3 Å². The van der Waals surface area contributed by atoms with Crippen LogP contribution in [0.5, 0.6) is 17.4 Å². The van der Waals surface area contributed by atoms with E-state index in [0.717, 1.165) is 72.8 Å². The summed E-state index contributed by atoms with van der Waals surface area (Å²) in [6.45, 7) is 6.64. The van der Waals surface area contributed by atoms with Gasteiger partial charge in [0.15, 0.2) is 5.75 Å². The monoisotopic (exact) mass is 635 g/mol. The molecular weight excluding hydrogens is 605 g/mol. The highest BCUT2D eigenvalue weighted by molar-refractivity contribution is 6.32. The fourth-order valence-electron chi connectivity index (χ4n) is 5.01. The molecule has 0 radical (unpaired) electrons. The van der Waals surface area contributed by atoms with Crippen LogP contribution < -0.4 is 9.47 Å². The molecular formula is C34H32Cl3N3O3. The Labute approximate surface area is 267 Å². The molecule has 2 heterocycles. The molecule has 43 heavy (non-hydrogen) atoms. The van der Waals surface area contributed by atoms with E-state index in [2.05, 4.69) is 26.9 Å². The molecule has 1 saturated heterocycles. The summed E-state index contributed by atoms with van der Waals surface area (Å²) in [6.07, 6.45) is 4.82. The van der Waals surface area contributed by atoms with Gasteiger partial charge >= 0.3 is 0 Å². The first kappa shape index (κ1) is 30.9. The Morgan fingerprint density at radius 2 is 1.56 bits per heavy atom. The standard InChI is InChI=1S/C34H32Cl3N3O3/c1-24-20-27(32(12-18-41)40-16-14-39(15-17-40)23-26-4-8-29(36)9-5-26)21-31(37)34(24)43-33-11-10-30(22-38-33)42-19-13-25-2-6-28(35)7-3-25/h2-12,18,20-22H,13-17,19,23H2,1H3/b32-12-. The highest BCUT2D eigenvalue weighted by Gasteiger charge is 2.21. The molecule has 6 nitrogen and oxygen atoms in total. The van der Waals surface area contributed by atoms with E-state index < -0.39 is 0 Å². The van der Waals surface area contributed by atoms with Crippen molar-refractivity contribution in [3.8, 4) is 17.4 Å². The van der Waals surface area contributed by atoms with Gasteiger partial charge in [-0.3, -0.25) is 9.69 Å². The first-order valence-electron chi connectivity index (χ1n) is 14.1. The maximum atomic E-state index is 11.6. The van der Waals surface area contributed by atoms with E-state index in [9.17, 15) is 4.79 Å². The lowest BCUT2D eigenvalue weighted by Gasteiger charge is -2.37. The summed E-state index contributed by atoms with van der Waals surface area (Å²) in [4.78, 5) is 20.6. The first-order valence-corrected chi connectivity index (χ1v) is 15.2. The topological polar surface area (TPSA) is 54.9 Å². The number of carbonyl (C=O) groups excluding carboxylic acids is 1. The van der Waals surface area contributed by atoms with Gasteiger partial charge in [-0.25, -0.2) is 4.98 Å². The molecule has 0 unspecified atom stereocenters. The number of hydrogen-bond donors (Lipinski definition) is 0. The molecule has 0 aliphatic carbocycles. The summed E-state index contributed by atoms with van der Waals surface area (Å²) in [5, 5.41) is 1.90. The minimum Gasteiger partial charge on any atom is -0.492 e. The Hall–Kier alpha value is -3.55. The number of aromatic nitrogens is 1. The number of allylic oxidation sites excluding steroid dienone is 1. The van der Waals surface area contributed by atoms with E-state index in [0.29, 0.717) is 34.0 Å². The number of ether oxygens (including phenoxy) is 2. The number of hydrogen-bond acceptors (Lipinski definition) is 6. The molecule has 0 N–H and O–H groups in total. The predicted octanol–water partition coefficient (Wildman–Crippen LogP) is 8.12. The zero-order valence-electron chi connectivity index (χ0n) is 23.8. The Morgan fingerprint density at radius 1 is 0.884 bits per heavy atom. The third-order valence-corrected chi connectivity index (χ3v) is 8.06. The van der Waals surface area contributed by atoms with E-state index in [1.165, 1.54) is 5.56 Å². The van der Waals surface area contributed by atoms with E-state index >= 15 is 0 Å². The summed E-state index contributed by atoms with van der Waals surface area (Å²) in [6, 6.07) is 23.1. The minimum absolute atomic E-state index is 0.406. The third-order valence-electron chi connectivity index (χ3n) is 7.27. The number of carbonyl (C=O) groups is 1. The van der Waals surface area contributed by atoms with Crippen molar-refractivity contribution in [2.24, 2.45) is 0 Å². The average Bonchev–Trinajstić information content (AvgIpc) is 3.01. The van der Waals surface area contributed by atoms with Crippen LogP contribution >= 0.6 is 34.8 Å². The van der Waals surface area contributed by atoms with Crippen molar-refractivity contribution in [1.82, 2.24) is 14.8 Å². The minimum atomic E-state index is 0.406. The molecule has 0 saturated carbocycles. The lowest BCUT2D eigenvalue weighted by atomic mass is 10.1. The SMILES string of the molecule is Cc1cc(/C(=C/C=O)N2CCN(Cc3ccc(Cl)cc3)CC2)cc(Cl)c1Oc1ccc(OCCc2ccc(Cl)cc2)cn1. The molecule has 0 amide bonds. The maximum absolute atomic E-state index is 11.6. The molecule has 1 fully saturated rings. The lowest BCUT2D eigenvalue weighted by Crippen LogP contribution is -2.45. The Bertz CT molecular complexity index is 1530. The normalized spacial score (nSPS) is 14.0. The predicted molar refractivity (Wildman–Crippen MR) is 173 cm³/mol. The van der Waals surface area contributed by atoms with Crippen LogP contribution in [-0.2, 0) is 17.8 Å². The molecule has 9 heteroatoms. The van der Waals surface area contributed by atoms with E-state index in [1.54, 1.807) is 18.3 Å². The van der Waals surface area contributed by atoms with Crippen molar-refractivity contribution in [3.05, 3.63) is 122 Å². The van der Waals surface area contributed by atoms with Gasteiger partial charge in [-0.05, 0) is 71.6 Å². The van der Waals surface area contributed by atoms with E-state index in [4.69, 9.17) is 44.3 Å². The summed E-state index contributed by atoms with van der Waals surface area (Å²) in [5.74, 6) is 1.58. The van der Waals surface area contributed by atoms with Gasteiger partial charge in [0.2, 0.25) is 5.88 Å². The highest BCUT2D eigenvalue weighted by Crippen LogP contribution is 2.36. The second kappa shape index (κ2) is 14.8. The fraction of sp³-hybridized carbons (Fsp3) is 0.235. The number of aldehydes is 1. The smallest absolute Gasteiger partial charge is 0.219 e. The number of nitrogens with zero attached hydrogens (tertiary/aromatic N) is 3. The van der Waals surface area contributed by atoms with Gasteiger partial charge < -0.3 is 14.4 Å². The molecule has 1 aliphatic heterocycles. The van der Waals surface area contributed by atoms with Crippen molar-refractivity contribution in [3.63, 3.8) is 0 Å². The van der Waals surface area contributed by atoms with Crippen LogP contribution in [0.2, 0.25) is 15.1 Å². The van der Waals surface area contributed by atoms with Gasteiger partial charge in [0.1, 0.15) is 12.0 Å². The van der Waals surface area contributed by atoms with E-state index in [1.807, 2.05) is 61.5 Å². The van der Waals surface area contributed by atoms with Crippen molar-refractivity contribution >= 4 is 46.8 Å². The second-order valence-electron chi connectivity index (χ2n) is 10.3. The summed E-state index contributed by atoms with van der Waals surface area (Å²) >= 11 is 18.7. The van der Waals surface area contributed by atoms with Crippen LogP contribution in [0.4, 0.5) is 0 Å². The van der Waals surface area contributed by atoms with Gasteiger partial charge in [0, 0.05) is 67.0 Å². The van der Waals surface area contributed by atoms with Crippen molar-refractivity contribution in [2.75, 3.05) is 32.8 Å². The van der Waals surface area contributed by atoms with Gasteiger partial charge in [0.05, 0.1) is 17.8 Å². The quantitative estimate of drug-likeness (QED) is 0.122. The Morgan fingerprint density at radius 3 is 2.16 bits per heavy atom. The lowest BCUT2D eigenvalue weighted by molar-refractivity contribution is -0.104. The molecule has 0 spiro atoms. The first-order chi connectivity index (χ1) is 20.9. The number of piperazine rings is 1. The molecule has 0 atom stereocenters. The fourth-order valence-corrected chi connectivity index (χ4v) is 5.56. The molecule has 222 valence electrons. The van der Waals surface area contributed by atoms with E-state index in [-0.39, 0.29) is 0 Å². The van der Waals surface area contributed by atoms with Gasteiger partial charge in [0.25, 0.3) is 0 Å². The number of rotatable bonds is 11. The maximum Gasteiger partial charge on any atom is 0.219 e. The third kappa shape index (κ3) is 8.52.